The van der Waals surface area contributed by atoms with Crippen molar-refractivity contribution in [2.45, 2.75) is 24.5 Å². The topological polar surface area (TPSA) is 120 Å². The third-order valence-electron chi connectivity index (χ3n) is 2.95. The molecule has 9 nitrogen and oxygen atoms in total. The first-order chi connectivity index (χ1) is 9.06. The third-order valence-corrected chi connectivity index (χ3v) is 3.66. The number of rotatable bonds is 1. The molecule has 2 aliphatic rings. The number of ether oxygens (including phenoxy) is 1. The highest BCUT2D eigenvalue weighted by molar-refractivity contribution is 7.75. The molecule has 0 spiro atoms. The Morgan fingerprint density at radius 3 is 3.00 bits per heavy atom. The fourth-order valence-corrected chi connectivity index (χ4v) is 2.79. The quantitative estimate of drug-likeness (QED) is 0.601. The average Bonchev–Trinajstić information content (AvgIpc) is 2.67. The second-order valence-electron chi connectivity index (χ2n) is 4.12. The molecule has 0 saturated carbocycles. The molecule has 0 amide bonds. The molecule has 3 rings (SSSR count). The molecule has 0 bridgehead atoms. The average molecular weight is 290 g/mol. The van der Waals surface area contributed by atoms with Crippen LogP contribution in [0.2, 0.25) is 0 Å². The molecular weight excluding hydrogens is 280 g/mol. The number of aliphatic hydroxyl groups excluding tert-OH is 1. The van der Waals surface area contributed by atoms with Crippen molar-refractivity contribution in [1.29, 1.82) is 0 Å². The fourth-order valence-electron chi connectivity index (χ4n) is 2.07. The van der Waals surface area contributed by atoms with E-state index in [2.05, 4.69) is 4.98 Å². The van der Waals surface area contributed by atoms with Gasteiger partial charge in [0, 0.05) is 12.3 Å². The largest absolute Gasteiger partial charge is 0.386 e. The molecular formula is C9H10N2O7S. The Morgan fingerprint density at radius 1 is 1.47 bits per heavy atom. The highest BCUT2D eigenvalue weighted by atomic mass is 32.2. The molecule has 1 aromatic rings. The van der Waals surface area contributed by atoms with Crippen LogP contribution in [-0.2, 0) is 24.5 Å². The summed E-state index contributed by atoms with van der Waals surface area (Å²) in [6, 6.07) is 1.13. The van der Waals surface area contributed by atoms with Gasteiger partial charge in [-0.05, 0) is 0 Å². The minimum atomic E-state index is -1.94. The molecule has 10 heteroatoms. The Balaban J connectivity index is 1.92. The van der Waals surface area contributed by atoms with Gasteiger partial charge in [0.05, 0.1) is 6.61 Å². The summed E-state index contributed by atoms with van der Waals surface area (Å²) in [7, 11) is 0. The SMILES string of the molecule is O=c1ccn([C@@H]2O[C@@H]3COS(=O)O[C@@H]3[C@H]2O)c(=O)[nH]1. The van der Waals surface area contributed by atoms with Crippen molar-refractivity contribution >= 4 is 11.4 Å². The molecule has 5 atom stereocenters. The van der Waals surface area contributed by atoms with Crippen molar-refractivity contribution in [3.8, 4) is 0 Å². The minimum absolute atomic E-state index is 0.0110. The molecule has 2 saturated heterocycles. The van der Waals surface area contributed by atoms with E-state index in [0.717, 1.165) is 10.6 Å². The molecule has 2 N–H and O–H groups in total. The van der Waals surface area contributed by atoms with Gasteiger partial charge in [0.15, 0.2) is 6.23 Å². The van der Waals surface area contributed by atoms with Crippen molar-refractivity contribution in [3.05, 3.63) is 33.1 Å². The van der Waals surface area contributed by atoms with Gasteiger partial charge in [0.2, 0.25) is 0 Å². The van der Waals surface area contributed by atoms with Crippen LogP contribution in [-0.4, -0.2) is 43.8 Å². The van der Waals surface area contributed by atoms with E-state index in [1.165, 1.54) is 6.20 Å². The number of fused-ring (bicyclic) bond motifs is 1. The Labute approximate surface area is 108 Å². The summed E-state index contributed by atoms with van der Waals surface area (Å²) < 4.78 is 27.2. The van der Waals surface area contributed by atoms with E-state index in [0.29, 0.717) is 0 Å². The number of nitrogens with zero attached hydrogens (tertiary/aromatic N) is 1. The van der Waals surface area contributed by atoms with Crippen LogP contribution < -0.4 is 11.2 Å². The lowest BCUT2D eigenvalue weighted by atomic mass is 10.1. The van der Waals surface area contributed by atoms with E-state index in [9.17, 15) is 18.9 Å². The van der Waals surface area contributed by atoms with Crippen molar-refractivity contribution < 1.29 is 22.4 Å². The van der Waals surface area contributed by atoms with E-state index < -0.39 is 47.2 Å². The first-order valence-electron chi connectivity index (χ1n) is 5.43. The number of aliphatic hydroxyl groups is 1. The van der Waals surface area contributed by atoms with Gasteiger partial charge in [-0.2, -0.15) is 4.21 Å². The van der Waals surface area contributed by atoms with Crippen molar-refractivity contribution in [3.63, 3.8) is 0 Å². The van der Waals surface area contributed by atoms with E-state index in [1.54, 1.807) is 0 Å². The monoisotopic (exact) mass is 290 g/mol. The van der Waals surface area contributed by atoms with E-state index in [-0.39, 0.29) is 6.61 Å². The molecule has 1 unspecified atom stereocenters. The number of H-pyrrole nitrogens is 1. The number of hydrogen-bond acceptors (Lipinski definition) is 7. The molecule has 2 aliphatic heterocycles. The molecule has 0 aromatic carbocycles. The summed E-state index contributed by atoms with van der Waals surface area (Å²) in [5.74, 6) is 0. The number of hydrogen-bond donors (Lipinski definition) is 2. The van der Waals surface area contributed by atoms with Crippen LogP contribution >= 0.6 is 0 Å². The number of aromatic amines is 1. The minimum Gasteiger partial charge on any atom is -0.386 e. The standard InChI is InChI=1S/C9H10N2O7S/c12-5-1-2-11(9(14)10-5)8-6(13)7-4(17-8)3-16-19(15)18-7/h1-2,4,6-8,13H,3H2,(H,10,12,14)/t4-,6-,7+,8-,19?/m1/s1. The zero-order valence-corrected chi connectivity index (χ0v) is 10.2. The fraction of sp³-hybridized carbons (Fsp3) is 0.556. The van der Waals surface area contributed by atoms with E-state index >= 15 is 0 Å². The van der Waals surface area contributed by atoms with Gasteiger partial charge in [-0.25, -0.2) is 4.79 Å². The lowest BCUT2D eigenvalue weighted by molar-refractivity contribution is -0.0561. The molecule has 104 valence electrons. The smallest absolute Gasteiger partial charge is 0.330 e. The summed E-state index contributed by atoms with van der Waals surface area (Å²) in [6.07, 6.45) is -2.49. The highest BCUT2D eigenvalue weighted by Crippen LogP contribution is 2.33. The van der Waals surface area contributed by atoms with Crippen LogP contribution in [0.4, 0.5) is 0 Å². The zero-order valence-electron chi connectivity index (χ0n) is 9.42. The molecule has 19 heavy (non-hydrogen) atoms. The maximum atomic E-state index is 11.6. The van der Waals surface area contributed by atoms with Gasteiger partial charge in [0.1, 0.15) is 18.3 Å². The van der Waals surface area contributed by atoms with Crippen LogP contribution in [0.15, 0.2) is 21.9 Å². The molecule has 0 aliphatic carbocycles. The van der Waals surface area contributed by atoms with Crippen LogP contribution in [0, 0.1) is 0 Å². The maximum absolute atomic E-state index is 11.6. The van der Waals surface area contributed by atoms with Crippen molar-refractivity contribution in [2.75, 3.05) is 6.61 Å². The predicted octanol–water partition coefficient (Wildman–Crippen LogP) is -2.21. The summed E-state index contributed by atoms with van der Waals surface area (Å²) >= 11 is -1.94. The second kappa shape index (κ2) is 4.65. The summed E-state index contributed by atoms with van der Waals surface area (Å²) in [5.41, 5.74) is -1.26. The maximum Gasteiger partial charge on any atom is 0.330 e. The molecule has 1 aromatic heterocycles. The van der Waals surface area contributed by atoms with Crippen molar-refractivity contribution in [1.82, 2.24) is 9.55 Å². The first kappa shape index (κ1) is 12.7. The third kappa shape index (κ3) is 2.17. The Kier molecular flexibility index (Phi) is 3.11. The van der Waals surface area contributed by atoms with Gasteiger partial charge < -0.3 is 9.84 Å². The van der Waals surface area contributed by atoms with Gasteiger partial charge >= 0.3 is 17.1 Å². The second-order valence-corrected chi connectivity index (χ2v) is 4.96. The Bertz CT molecular complexity index is 625. The number of aromatic nitrogens is 2. The summed E-state index contributed by atoms with van der Waals surface area (Å²) in [4.78, 5) is 24.7. The van der Waals surface area contributed by atoms with Crippen LogP contribution in [0.5, 0.6) is 0 Å². The predicted molar refractivity (Wildman–Crippen MR) is 60.2 cm³/mol. The van der Waals surface area contributed by atoms with Crippen LogP contribution in [0.1, 0.15) is 6.23 Å². The lowest BCUT2D eigenvalue weighted by Crippen LogP contribution is -2.42. The Morgan fingerprint density at radius 2 is 2.26 bits per heavy atom. The summed E-state index contributed by atoms with van der Waals surface area (Å²) in [6.45, 7) is -0.0110. The van der Waals surface area contributed by atoms with Crippen LogP contribution in [0.25, 0.3) is 0 Å². The molecule has 2 fully saturated rings. The van der Waals surface area contributed by atoms with E-state index in [4.69, 9.17) is 13.1 Å². The highest BCUT2D eigenvalue weighted by Gasteiger charge is 2.49. The van der Waals surface area contributed by atoms with Gasteiger partial charge in [0.25, 0.3) is 5.56 Å². The molecule has 0 radical (unpaired) electrons. The molecule has 3 heterocycles. The van der Waals surface area contributed by atoms with Crippen molar-refractivity contribution in [2.24, 2.45) is 0 Å². The van der Waals surface area contributed by atoms with Gasteiger partial charge in [-0.1, -0.05) is 0 Å². The Hall–Kier alpha value is -1.33. The lowest BCUT2D eigenvalue weighted by Gasteiger charge is -2.23. The summed E-state index contributed by atoms with van der Waals surface area (Å²) in [5, 5.41) is 10.1. The normalized spacial score (nSPS) is 38.1. The zero-order chi connectivity index (χ0) is 13.6. The van der Waals surface area contributed by atoms with Gasteiger partial charge in [-0.3, -0.25) is 22.7 Å². The van der Waals surface area contributed by atoms with Crippen LogP contribution in [0.3, 0.4) is 0 Å². The van der Waals surface area contributed by atoms with E-state index in [1.807, 2.05) is 0 Å². The van der Waals surface area contributed by atoms with Gasteiger partial charge in [-0.15, -0.1) is 0 Å². The first-order valence-corrected chi connectivity index (χ1v) is 6.43. The number of nitrogens with one attached hydrogen (secondary N) is 1.